The predicted octanol–water partition coefficient (Wildman–Crippen LogP) is 1.49. The molecule has 0 spiro atoms. The van der Waals surface area contributed by atoms with Gasteiger partial charge in [-0.15, -0.1) is 32.9 Å². The quantitative estimate of drug-likeness (QED) is 0.727. The second kappa shape index (κ2) is 7.11. The molecule has 0 aliphatic heterocycles. The van der Waals surface area contributed by atoms with E-state index in [1.807, 2.05) is 35.0 Å². The second-order valence-electron chi connectivity index (χ2n) is 4.43. The maximum Gasteiger partial charge on any atom is 0.321 e. The lowest BCUT2D eigenvalue weighted by Crippen LogP contribution is -2.40. The summed E-state index contributed by atoms with van der Waals surface area (Å²) in [6.07, 6.45) is 0. The summed E-state index contributed by atoms with van der Waals surface area (Å²) in [5.41, 5.74) is 0. The lowest BCUT2D eigenvalue weighted by molar-refractivity contribution is -0.121. The van der Waals surface area contributed by atoms with Crippen LogP contribution in [0.5, 0.6) is 0 Å². The molecule has 3 rings (SSSR count). The monoisotopic (exact) mass is 348 g/mol. The zero-order valence-corrected chi connectivity index (χ0v) is 13.4. The van der Waals surface area contributed by atoms with E-state index in [9.17, 15) is 9.59 Å². The number of thiophene rings is 2. The second-order valence-corrected chi connectivity index (χ2v) is 6.41. The van der Waals surface area contributed by atoms with Crippen LogP contribution in [0.1, 0.15) is 4.88 Å². The summed E-state index contributed by atoms with van der Waals surface area (Å²) in [4.78, 5) is 26.4. The maximum absolute atomic E-state index is 11.8. The van der Waals surface area contributed by atoms with Gasteiger partial charge in [0.05, 0.1) is 11.4 Å². The fraction of sp³-hybridized carbons (Fsp3) is 0.154. The Morgan fingerprint density at radius 3 is 2.74 bits per heavy atom. The molecular weight excluding hydrogens is 336 g/mol. The van der Waals surface area contributed by atoms with Gasteiger partial charge in [-0.1, -0.05) is 12.1 Å². The molecule has 2 N–H and O–H groups in total. The summed E-state index contributed by atoms with van der Waals surface area (Å²) in [5, 5.41) is 20.4. The Balaban J connectivity index is 1.48. The van der Waals surface area contributed by atoms with Crippen LogP contribution in [0.25, 0.3) is 10.7 Å². The molecule has 10 heteroatoms. The van der Waals surface area contributed by atoms with Crippen LogP contribution >= 0.6 is 22.7 Å². The van der Waals surface area contributed by atoms with Crippen LogP contribution in [0.3, 0.4) is 0 Å². The standard InChI is InChI=1S/C13H12N6O2S2/c20-11(15-13(21)14-7-9-3-1-5-22-9)8-19-17-12(16-18-19)10-4-2-6-23-10/h1-6H,7-8H2,(H2,14,15,20,21). The molecule has 118 valence electrons. The number of urea groups is 1. The van der Waals surface area contributed by atoms with Crippen LogP contribution in [0.4, 0.5) is 4.79 Å². The number of hydrogen-bond donors (Lipinski definition) is 2. The van der Waals surface area contributed by atoms with Crippen LogP contribution in [0.15, 0.2) is 35.0 Å². The van der Waals surface area contributed by atoms with Gasteiger partial charge in [0.2, 0.25) is 5.82 Å². The zero-order valence-electron chi connectivity index (χ0n) is 11.8. The van der Waals surface area contributed by atoms with Crippen molar-refractivity contribution in [3.8, 4) is 10.7 Å². The highest BCUT2D eigenvalue weighted by Crippen LogP contribution is 2.19. The number of nitrogens with zero attached hydrogens (tertiary/aromatic N) is 4. The molecule has 8 nitrogen and oxygen atoms in total. The smallest absolute Gasteiger partial charge is 0.321 e. The molecule has 3 aromatic heterocycles. The highest BCUT2D eigenvalue weighted by Gasteiger charge is 2.12. The van der Waals surface area contributed by atoms with Crippen molar-refractivity contribution < 1.29 is 9.59 Å². The highest BCUT2D eigenvalue weighted by molar-refractivity contribution is 7.13. The molecule has 0 aliphatic rings. The van der Waals surface area contributed by atoms with Gasteiger partial charge in [-0.05, 0) is 28.1 Å². The molecule has 3 heterocycles. The minimum atomic E-state index is -0.554. The Kier molecular flexibility index (Phi) is 4.74. The summed E-state index contributed by atoms with van der Waals surface area (Å²) in [6.45, 7) is 0.200. The van der Waals surface area contributed by atoms with Crippen LogP contribution < -0.4 is 10.6 Å². The van der Waals surface area contributed by atoms with Gasteiger partial charge in [-0.2, -0.15) is 4.80 Å². The van der Waals surface area contributed by atoms with E-state index in [-0.39, 0.29) is 6.54 Å². The maximum atomic E-state index is 11.8. The minimum absolute atomic E-state index is 0.176. The summed E-state index contributed by atoms with van der Waals surface area (Å²) < 4.78 is 0. The van der Waals surface area contributed by atoms with E-state index < -0.39 is 11.9 Å². The number of rotatable bonds is 5. The number of carbonyl (C=O) groups excluding carboxylic acids is 2. The molecule has 0 atom stereocenters. The zero-order chi connectivity index (χ0) is 16.1. The van der Waals surface area contributed by atoms with E-state index in [1.165, 1.54) is 22.7 Å². The molecule has 3 amide bonds. The van der Waals surface area contributed by atoms with Crippen molar-refractivity contribution in [1.82, 2.24) is 30.8 Å². The lowest BCUT2D eigenvalue weighted by Gasteiger charge is -2.04. The summed E-state index contributed by atoms with van der Waals surface area (Å²) >= 11 is 3.01. The fourth-order valence-corrected chi connectivity index (χ4v) is 3.03. The normalized spacial score (nSPS) is 10.4. The molecule has 3 aromatic rings. The predicted molar refractivity (Wildman–Crippen MR) is 85.8 cm³/mol. The van der Waals surface area contributed by atoms with E-state index in [0.29, 0.717) is 12.4 Å². The van der Waals surface area contributed by atoms with Gasteiger partial charge in [-0.3, -0.25) is 10.1 Å². The lowest BCUT2D eigenvalue weighted by atomic mass is 10.4. The Labute approximate surface area is 139 Å². The van der Waals surface area contributed by atoms with Gasteiger partial charge >= 0.3 is 6.03 Å². The van der Waals surface area contributed by atoms with Gasteiger partial charge < -0.3 is 5.32 Å². The largest absolute Gasteiger partial charge is 0.333 e. The van der Waals surface area contributed by atoms with Crippen molar-refractivity contribution in [2.45, 2.75) is 13.1 Å². The third-order valence-electron chi connectivity index (χ3n) is 2.74. The van der Waals surface area contributed by atoms with Crippen molar-refractivity contribution in [3.63, 3.8) is 0 Å². The highest BCUT2D eigenvalue weighted by atomic mass is 32.1. The fourth-order valence-electron chi connectivity index (χ4n) is 1.73. The van der Waals surface area contributed by atoms with Crippen molar-refractivity contribution in [3.05, 3.63) is 39.9 Å². The first kappa shape index (κ1) is 15.3. The van der Waals surface area contributed by atoms with Crippen molar-refractivity contribution >= 4 is 34.6 Å². The van der Waals surface area contributed by atoms with Gasteiger partial charge in [-0.25, -0.2) is 4.79 Å². The number of amides is 3. The Morgan fingerprint density at radius 1 is 1.17 bits per heavy atom. The van der Waals surface area contributed by atoms with Crippen LogP contribution in [-0.4, -0.2) is 32.1 Å². The molecule has 0 unspecified atom stereocenters. The summed E-state index contributed by atoms with van der Waals surface area (Å²) in [5.74, 6) is -0.0567. The topological polar surface area (TPSA) is 102 Å². The van der Waals surface area contributed by atoms with E-state index >= 15 is 0 Å². The van der Waals surface area contributed by atoms with Gasteiger partial charge in [0.25, 0.3) is 5.91 Å². The van der Waals surface area contributed by atoms with E-state index in [2.05, 4.69) is 26.0 Å². The Morgan fingerprint density at radius 2 is 2.00 bits per heavy atom. The van der Waals surface area contributed by atoms with Crippen LogP contribution in [-0.2, 0) is 17.9 Å². The Bertz CT molecular complexity index is 781. The van der Waals surface area contributed by atoms with E-state index in [1.54, 1.807) is 0 Å². The molecule has 23 heavy (non-hydrogen) atoms. The third-order valence-corrected chi connectivity index (χ3v) is 4.48. The van der Waals surface area contributed by atoms with Crippen molar-refractivity contribution in [2.24, 2.45) is 0 Å². The number of nitrogens with one attached hydrogen (secondary N) is 2. The van der Waals surface area contributed by atoms with Crippen LogP contribution in [0, 0.1) is 0 Å². The molecular formula is C13H12N6O2S2. The average molecular weight is 348 g/mol. The first-order valence-electron chi connectivity index (χ1n) is 6.62. The molecule has 0 saturated heterocycles. The van der Waals surface area contributed by atoms with Crippen molar-refractivity contribution in [1.29, 1.82) is 0 Å². The molecule has 0 fully saturated rings. The van der Waals surface area contributed by atoms with Crippen molar-refractivity contribution in [2.75, 3.05) is 0 Å². The van der Waals surface area contributed by atoms with Gasteiger partial charge in [0.1, 0.15) is 6.54 Å². The summed E-state index contributed by atoms with van der Waals surface area (Å²) in [7, 11) is 0. The number of imide groups is 1. The van der Waals surface area contributed by atoms with E-state index in [0.717, 1.165) is 14.6 Å². The molecule has 0 saturated carbocycles. The SMILES string of the molecule is O=C(Cn1nnc(-c2cccs2)n1)NC(=O)NCc1cccs1. The molecule has 0 aromatic carbocycles. The third kappa shape index (κ3) is 4.20. The van der Waals surface area contributed by atoms with Gasteiger partial charge in [0.15, 0.2) is 0 Å². The first-order chi connectivity index (χ1) is 11.2. The average Bonchev–Trinajstić information content (AvgIpc) is 3.26. The number of carbonyl (C=O) groups is 2. The minimum Gasteiger partial charge on any atom is -0.333 e. The van der Waals surface area contributed by atoms with Gasteiger partial charge in [0, 0.05) is 4.88 Å². The van der Waals surface area contributed by atoms with E-state index in [4.69, 9.17) is 0 Å². The molecule has 0 radical (unpaired) electrons. The molecule has 0 aliphatic carbocycles. The number of hydrogen-bond acceptors (Lipinski definition) is 7. The molecule has 0 bridgehead atoms. The number of aromatic nitrogens is 4. The van der Waals surface area contributed by atoms with Crippen LogP contribution in [0.2, 0.25) is 0 Å². The summed E-state index contributed by atoms with van der Waals surface area (Å²) in [6, 6.07) is 6.99. The first-order valence-corrected chi connectivity index (χ1v) is 8.38. The Hall–Kier alpha value is -2.59. The number of tetrazole rings is 1.